The van der Waals surface area contributed by atoms with Crippen LogP contribution in [0.25, 0.3) is 0 Å². The molecule has 0 bridgehead atoms. The number of aromatic nitrogens is 2. The Hall–Kier alpha value is -1.82. The summed E-state index contributed by atoms with van der Waals surface area (Å²) in [5, 5.41) is 10.8. The minimum absolute atomic E-state index is 0.224. The van der Waals surface area contributed by atoms with E-state index in [9.17, 15) is 8.78 Å². The molecule has 0 amide bonds. The van der Waals surface area contributed by atoms with Crippen LogP contribution >= 0.6 is 0 Å². The molecule has 1 aromatic carbocycles. The van der Waals surface area contributed by atoms with Gasteiger partial charge in [-0.25, -0.2) is 8.78 Å². The highest BCUT2D eigenvalue weighted by Crippen LogP contribution is 2.42. The molecule has 6 heteroatoms. The monoisotopic (exact) mass is 279 g/mol. The standard InChI is InChI=1S/C14H15F2N3O/c1-8-18-19-13(20-8)7-17-14(9-2-3-9)11-6-10(15)4-5-12(11)16/h4-6,9,14,17H,2-3,7H2,1H3/t14-/m1/s1. The summed E-state index contributed by atoms with van der Waals surface area (Å²) in [6, 6.07) is 3.32. The number of aryl methyl sites for hydroxylation is 1. The van der Waals surface area contributed by atoms with Gasteiger partial charge in [-0.3, -0.25) is 0 Å². The van der Waals surface area contributed by atoms with E-state index in [1.807, 2.05) is 0 Å². The van der Waals surface area contributed by atoms with E-state index in [1.165, 1.54) is 12.1 Å². The van der Waals surface area contributed by atoms with Gasteiger partial charge in [0.05, 0.1) is 6.54 Å². The highest BCUT2D eigenvalue weighted by atomic mass is 19.1. The highest BCUT2D eigenvalue weighted by Gasteiger charge is 2.34. The number of halogens is 2. The largest absolute Gasteiger partial charge is 0.424 e. The van der Waals surface area contributed by atoms with Crippen molar-refractivity contribution < 1.29 is 13.2 Å². The van der Waals surface area contributed by atoms with E-state index in [-0.39, 0.29) is 6.04 Å². The van der Waals surface area contributed by atoms with Crippen molar-refractivity contribution in [2.45, 2.75) is 32.4 Å². The SMILES string of the molecule is Cc1nnc(CN[C@@H](c2cc(F)ccc2F)C2CC2)o1. The Labute approximate surface area is 115 Å². The first-order valence-electron chi connectivity index (χ1n) is 6.61. The van der Waals surface area contributed by atoms with E-state index in [4.69, 9.17) is 4.42 Å². The van der Waals surface area contributed by atoms with Crippen LogP contribution in [0.4, 0.5) is 8.78 Å². The average Bonchev–Trinajstić information content (AvgIpc) is 3.17. The van der Waals surface area contributed by atoms with Gasteiger partial charge >= 0.3 is 0 Å². The second kappa shape index (κ2) is 5.28. The van der Waals surface area contributed by atoms with Crippen molar-refractivity contribution >= 4 is 0 Å². The molecule has 1 saturated carbocycles. The van der Waals surface area contributed by atoms with Gasteiger partial charge < -0.3 is 9.73 Å². The Bertz CT molecular complexity index is 610. The van der Waals surface area contributed by atoms with Gasteiger partial charge in [0.15, 0.2) is 0 Å². The summed E-state index contributed by atoms with van der Waals surface area (Å²) in [4.78, 5) is 0. The number of nitrogens with one attached hydrogen (secondary N) is 1. The minimum Gasteiger partial charge on any atom is -0.424 e. The van der Waals surface area contributed by atoms with Crippen LogP contribution in [0.3, 0.4) is 0 Å². The predicted molar refractivity (Wildman–Crippen MR) is 67.7 cm³/mol. The van der Waals surface area contributed by atoms with Gasteiger partial charge in [0.2, 0.25) is 11.8 Å². The summed E-state index contributed by atoms with van der Waals surface area (Å²) < 4.78 is 32.5. The van der Waals surface area contributed by atoms with Crippen LogP contribution in [-0.2, 0) is 6.54 Å². The fourth-order valence-electron chi connectivity index (χ4n) is 2.32. The normalized spacial score (nSPS) is 16.4. The van der Waals surface area contributed by atoms with E-state index >= 15 is 0 Å². The topological polar surface area (TPSA) is 51.0 Å². The van der Waals surface area contributed by atoms with Gasteiger partial charge in [-0.2, -0.15) is 0 Å². The average molecular weight is 279 g/mol. The highest BCUT2D eigenvalue weighted by molar-refractivity contribution is 5.24. The second-order valence-electron chi connectivity index (χ2n) is 5.08. The lowest BCUT2D eigenvalue weighted by atomic mass is 10.0. The van der Waals surface area contributed by atoms with Crippen LogP contribution in [0.15, 0.2) is 22.6 Å². The Kier molecular flexibility index (Phi) is 3.48. The number of benzene rings is 1. The van der Waals surface area contributed by atoms with E-state index in [2.05, 4.69) is 15.5 Å². The molecule has 1 aliphatic carbocycles. The molecule has 1 atom stereocenters. The van der Waals surface area contributed by atoms with Crippen LogP contribution < -0.4 is 5.32 Å². The maximum Gasteiger partial charge on any atom is 0.230 e. The molecular weight excluding hydrogens is 264 g/mol. The maximum atomic E-state index is 13.9. The predicted octanol–water partition coefficient (Wildman–Crippen LogP) is 2.90. The molecule has 20 heavy (non-hydrogen) atoms. The number of rotatable bonds is 5. The molecule has 0 radical (unpaired) electrons. The van der Waals surface area contributed by atoms with Crippen molar-refractivity contribution in [1.82, 2.24) is 15.5 Å². The lowest BCUT2D eigenvalue weighted by Gasteiger charge is -2.18. The van der Waals surface area contributed by atoms with Gasteiger partial charge in [-0.05, 0) is 37.0 Å². The molecule has 1 fully saturated rings. The first kappa shape index (κ1) is 13.2. The lowest BCUT2D eigenvalue weighted by Crippen LogP contribution is -2.24. The zero-order valence-corrected chi connectivity index (χ0v) is 11.1. The van der Waals surface area contributed by atoms with E-state index in [0.29, 0.717) is 29.8 Å². The van der Waals surface area contributed by atoms with Crippen LogP contribution in [-0.4, -0.2) is 10.2 Å². The lowest BCUT2D eigenvalue weighted by molar-refractivity contribution is 0.397. The van der Waals surface area contributed by atoms with Crippen molar-refractivity contribution in [1.29, 1.82) is 0 Å². The zero-order valence-electron chi connectivity index (χ0n) is 11.1. The van der Waals surface area contributed by atoms with E-state index < -0.39 is 11.6 Å². The fourth-order valence-corrected chi connectivity index (χ4v) is 2.32. The summed E-state index contributed by atoms with van der Waals surface area (Å²) >= 11 is 0. The Balaban J connectivity index is 1.77. The van der Waals surface area contributed by atoms with Gasteiger partial charge in [0.25, 0.3) is 0 Å². The maximum absolute atomic E-state index is 13.9. The Morgan fingerprint density at radius 2 is 2.15 bits per heavy atom. The van der Waals surface area contributed by atoms with Crippen molar-refractivity contribution in [3.63, 3.8) is 0 Å². The first-order valence-corrected chi connectivity index (χ1v) is 6.61. The van der Waals surface area contributed by atoms with Crippen molar-refractivity contribution in [2.24, 2.45) is 5.92 Å². The summed E-state index contributed by atoms with van der Waals surface area (Å²) in [6.45, 7) is 2.05. The van der Waals surface area contributed by atoms with E-state index in [1.54, 1.807) is 6.92 Å². The van der Waals surface area contributed by atoms with Gasteiger partial charge in [-0.1, -0.05) is 0 Å². The van der Waals surface area contributed by atoms with Crippen molar-refractivity contribution in [2.75, 3.05) is 0 Å². The smallest absolute Gasteiger partial charge is 0.230 e. The molecule has 0 spiro atoms. The number of hydrogen-bond donors (Lipinski definition) is 1. The second-order valence-corrected chi connectivity index (χ2v) is 5.08. The van der Waals surface area contributed by atoms with Gasteiger partial charge in [0.1, 0.15) is 11.6 Å². The molecule has 0 unspecified atom stereocenters. The summed E-state index contributed by atoms with van der Waals surface area (Å²) in [6.07, 6.45) is 2.02. The molecule has 3 rings (SSSR count). The molecule has 106 valence electrons. The third-order valence-corrected chi connectivity index (χ3v) is 3.43. The molecule has 2 aromatic rings. The summed E-state index contributed by atoms with van der Waals surface area (Å²) in [5.74, 6) is 0.446. The van der Waals surface area contributed by atoms with Crippen molar-refractivity contribution in [3.8, 4) is 0 Å². The molecule has 0 aliphatic heterocycles. The number of hydrogen-bond acceptors (Lipinski definition) is 4. The van der Waals surface area contributed by atoms with Crippen LogP contribution in [0.5, 0.6) is 0 Å². The third kappa shape index (κ3) is 2.85. The molecule has 1 N–H and O–H groups in total. The quantitative estimate of drug-likeness (QED) is 0.914. The van der Waals surface area contributed by atoms with E-state index in [0.717, 1.165) is 18.9 Å². The Morgan fingerprint density at radius 3 is 2.80 bits per heavy atom. The first-order chi connectivity index (χ1) is 9.63. The van der Waals surface area contributed by atoms with Crippen LogP contribution in [0, 0.1) is 24.5 Å². The molecular formula is C14H15F2N3O. The van der Waals surface area contributed by atoms with Gasteiger partial charge in [0, 0.05) is 18.5 Å². The minimum atomic E-state index is -0.428. The molecule has 4 nitrogen and oxygen atoms in total. The van der Waals surface area contributed by atoms with Crippen LogP contribution in [0.1, 0.15) is 36.2 Å². The van der Waals surface area contributed by atoms with Gasteiger partial charge in [-0.15, -0.1) is 10.2 Å². The summed E-state index contributed by atoms with van der Waals surface area (Å²) in [5.41, 5.74) is 0.365. The molecule has 1 heterocycles. The fraction of sp³-hybridized carbons (Fsp3) is 0.429. The Morgan fingerprint density at radius 1 is 1.35 bits per heavy atom. The summed E-state index contributed by atoms with van der Waals surface area (Å²) in [7, 11) is 0. The van der Waals surface area contributed by atoms with Crippen LogP contribution in [0.2, 0.25) is 0 Å². The molecule has 1 aliphatic rings. The zero-order chi connectivity index (χ0) is 14.1. The number of nitrogens with zero attached hydrogens (tertiary/aromatic N) is 2. The molecule has 1 aromatic heterocycles. The molecule has 0 saturated heterocycles. The third-order valence-electron chi connectivity index (χ3n) is 3.43. The van der Waals surface area contributed by atoms with Crippen molar-refractivity contribution in [3.05, 3.63) is 47.2 Å².